The maximum Gasteiger partial charge on any atom is 0.295 e. The molecular formula is C29H30N2O4. The number of aryl methyl sites for hydroxylation is 1. The van der Waals surface area contributed by atoms with Crippen LogP contribution in [0.15, 0.2) is 72.6 Å². The summed E-state index contributed by atoms with van der Waals surface area (Å²) in [5.41, 5.74) is 3.77. The number of aliphatic hydroxyl groups is 1. The molecule has 1 amide bonds. The highest BCUT2D eigenvalue weighted by Gasteiger charge is 2.46. The van der Waals surface area contributed by atoms with Gasteiger partial charge in [0.15, 0.2) is 0 Å². The molecule has 3 aromatic rings. The Kier molecular flexibility index (Phi) is 6.48. The lowest BCUT2D eigenvalue weighted by molar-refractivity contribution is -0.140. The maximum absolute atomic E-state index is 13.4. The van der Waals surface area contributed by atoms with Crippen LogP contribution in [0.4, 0.5) is 0 Å². The molecule has 1 saturated heterocycles. The second kappa shape index (κ2) is 9.37. The third-order valence-electron chi connectivity index (χ3n) is 6.38. The first-order valence-corrected chi connectivity index (χ1v) is 11.5. The van der Waals surface area contributed by atoms with Crippen molar-refractivity contribution in [3.05, 3.63) is 100 Å². The van der Waals surface area contributed by atoms with E-state index in [4.69, 9.17) is 4.74 Å². The third kappa shape index (κ3) is 4.69. The maximum atomic E-state index is 13.4. The number of hydrogen-bond acceptors (Lipinski definition) is 5. The summed E-state index contributed by atoms with van der Waals surface area (Å²) in [6.45, 7) is 8.32. The number of rotatable bonds is 5. The number of ether oxygens (including phenoxy) is 1. The van der Waals surface area contributed by atoms with Gasteiger partial charge >= 0.3 is 0 Å². The summed E-state index contributed by atoms with van der Waals surface area (Å²) >= 11 is 0. The van der Waals surface area contributed by atoms with Crippen LogP contribution in [0.2, 0.25) is 0 Å². The molecule has 1 N–H and O–H groups in total. The largest absolute Gasteiger partial charge is 0.507 e. The van der Waals surface area contributed by atoms with E-state index >= 15 is 0 Å². The Morgan fingerprint density at radius 1 is 1.09 bits per heavy atom. The van der Waals surface area contributed by atoms with Crippen LogP contribution in [0, 0.1) is 6.92 Å². The minimum Gasteiger partial charge on any atom is -0.507 e. The zero-order valence-electron chi connectivity index (χ0n) is 20.7. The Bertz CT molecular complexity index is 1310. The monoisotopic (exact) mass is 470 g/mol. The Hall–Kier alpha value is -3.93. The van der Waals surface area contributed by atoms with Crippen LogP contribution >= 0.6 is 0 Å². The molecule has 180 valence electrons. The second-order valence-electron chi connectivity index (χ2n) is 9.84. The molecule has 0 spiro atoms. The van der Waals surface area contributed by atoms with Crippen molar-refractivity contribution in [2.24, 2.45) is 0 Å². The molecule has 6 nitrogen and oxygen atoms in total. The van der Waals surface area contributed by atoms with Crippen molar-refractivity contribution in [1.82, 2.24) is 9.88 Å². The molecule has 1 aromatic heterocycles. The Morgan fingerprint density at radius 3 is 2.51 bits per heavy atom. The van der Waals surface area contributed by atoms with Crippen molar-refractivity contribution in [2.45, 2.75) is 45.7 Å². The first-order valence-electron chi connectivity index (χ1n) is 11.5. The molecule has 1 aliphatic rings. The fourth-order valence-corrected chi connectivity index (χ4v) is 4.38. The van der Waals surface area contributed by atoms with E-state index in [1.54, 1.807) is 37.7 Å². The topological polar surface area (TPSA) is 79.7 Å². The van der Waals surface area contributed by atoms with Gasteiger partial charge in [-0.2, -0.15) is 0 Å². The van der Waals surface area contributed by atoms with Crippen molar-refractivity contribution < 1.29 is 19.4 Å². The van der Waals surface area contributed by atoms with Crippen molar-refractivity contribution in [2.75, 3.05) is 7.11 Å². The smallest absolute Gasteiger partial charge is 0.295 e. The zero-order valence-corrected chi connectivity index (χ0v) is 20.7. The average molecular weight is 471 g/mol. The lowest BCUT2D eigenvalue weighted by Gasteiger charge is -2.26. The summed E-state index contributed by atoms with van der Waals surface area (Å²) in [5, 5.41) is 11.6. The van der Waals surface area contributed by atoms with Crippen molar-refractivity contribution in [3.8, 4) is 5.75 Å². The van der Waals surface area contributed by atoms with E-state index in [1.807, 2.05) is 43.3 Å². The van der Waals surface area contributed by atoms with Gasteiger partial charge in [0.1, 0.15) is 11.5 Å². The number of hydrogen-bond donors (Lipinski definition) is 1. The first-order chi connectivity index (χ1) is 16.6. The minimum absolute atomic E-state index is 0.0707. The third-order valence-corrected chi connectivity index (χ3v) is 6.38. The second-order valence-corrected chi connectivity index (χ2v) is 9.84. The quantitative estimate of drug-likeness (QED) is 0.310. The molecule has 1 fully saturated rings. The number of methoxy groups -OCH3 is 1. The van der Waals surface area contributed by atoms with Crippen LogP contribution in [0.25, 0.3) is 5.76 Å². The number of carbonyl (C=O) groups is 2. The number of benzene rings is 2. The van der Waals surface area contributed by atoms with E-state index < -0.39 is 17.7 Å². The molecule has 0 aliphatic carbocycles. The SMILES string of the molecule is COc1cccc(C2/C(=C(\O)c3cc(C(C)(C)C)ccc3C)C(=O)C(=O)N2Cc2cccnc2)c1. The number of aliphatic hydroxyl groups excluding tert-OH is 1. The summed E-state index contributed by atoms with van der Waals surface area (Å²) < 4.78 is 5.40. The Labute approximate surface area is 205 Å². The number of amides is 1. The summed E-state index contributed by atoms with van der Waals surface area (Å²) in [7, 11) is 1.56. The normalized spacial score (nSPS) is 17.6. The number of pyridine rings is 1. The number of likely N-dealkylation sites (tertiary alicyclic amines) is 1. The van der Waals surface area contributed by atoms with Gasteiger partial charge in [0.25, 0.3) is 11.7 Å². The van der Waals surface area contributed by atoms with Crippen LogP contribution in [0.5, 0.6) is 5.75 Å². The van der Waals surface area contributed by atoms with Crippen molar-refractivity contribution in [1.29, 1.82) is 0 Å². The van der Waals surface area contributed by atoms with Crippen LogP contribution in [-0.4, -0.2) is 33.8 Å². The number of ketones is 1. The highest BCUT2D eigenvalue weighted by molar-refractivity contribution is 6.46. The minimum atomic E-state index is -0.775. The van der Waals surface area contributed by atoms with Gasteiger partial charge in [-0.15, -0.1) is 0 Å². The molecule has 2 aromatic carbocycles. The summed E-state index contributed by atoms with van der Waals surface area (Å²) in [5.74, 6) is -0.943. The summed E-state index contributed by atoms with van der Waals surface area (Å²) in [6.07, 6.45) is 3.32. The predicted molar refractivity (Wildman–Crippen MR) is 135 cm³/mol. The van der Waals surface area contributed by atoms with E-state index in [9.17, 15) is 14.7 Å². The lowest BCUT2D eigenvalue weighted by atomic mass is 9.84. The highest BCUT2D eigenvalue weighted by Crippen LogP contribution is 2.42. The fourth-order valence-electron chi connectivity index (χ4n) is 4.38. The lowest BCUT2D eigenvalue weighted by Crippen LogP contribution is -2.29. The van der Waals surface area contributed by atoms with E-state index in [0.717, 1.165) is 16.7 Å². The van der Waals surface area contributed by atoms with Gasteiger partial charge in [-0.05, 0) is 58.9 Å². The summed E-state index contributed by atoms with van der Waals surface area (Å²) in [6, 6.07) is 16.0. The molecule has 0 bridgehead atoms. The highest BCUT2D eigenvalue weighted by atomic mass is 16.5. The van der Waals surface area contributed by atoms with E-state index in [-0.39, 0.29) is 23.3 Å². The molecule has 4 rings (SSSR count). The number of Topliss-reactive ketones (excluding diaryl/α,β-unsaturated/α-hetero) is 1. The molecular weight excluding hydrogens is 440 g/mol. The average Bonchev–Trinajstić information content (AvgIpc) is 3.09. The van der Waals surface area contributed by atoms with Crippen molar-refractivity contribution in [3.63, 3.8) is 0 Å². The molecule has 2 heterocycles. The van der Waals surface area contributed by atoms with Gasteiger partial charge in [0.2, 0.25) is 0 Å². The standard InChI is InChI=1S/C29H30N2O4/c1-18-11-12-21(29(2,3)4)15-23(18)26(32)24-25(20-9-6-10-22(14-20)35-5)31(28(34)27(24)33)17-19-8-7-13-30-16-19/h6-16,25,32H,17H2,1-5H3/b26-24+. The molecule has 0 radical (unpaired) electrons. The predicted octanol–water partition coefficient (Wildman–Crippen LogP) is 5.32. The Balaban J connectivity index is 1.92. The van der Waals surface area contributed by atoms with E-state index in [2.05, 4.69) is 25.8 Å². The molecule has 35 heavy (non-hydrogen) atoms. The van der Waals surface area contributed by atoms with Crippen molar-refractivity contribution >= 4 is 17.4 Å². The van der Waals surface area contributed by atoms with Gasteiger partial charge in [0.05, 0.1) is 18.7 Å². The fraction of sp³-hybridized carbons (Fsp3) is 0.276. The van der Waals surface area contributed by atoms with Gasteiger partial charge in [-0.25, -0.2) is 0 Å². The molecule has 1 aliphatic heterocycles. The van der Waals surface area contributed by atoms with Gasteiger partial charge in [0, 0.05) is 24.5 Å². The van der Waals surface area contributed by atoms with Crippen LogP contribution < -0.4 is 4.74 Å². The zero-order chi connectivity index (χ0) is 25.3. The van der Waals surface area contributed by atoms with E-state index in [1.165, 1.54) is 4.90 Å². The molecule has 1 unspecified atom stereocenters. The number of aromatic nitrogens is 1. The van der Waals surface area contributed by atoms with Gasteiger partial charge in [-0.3, -0.25) is 14.6 Å². The van der Waals surface area contributed by atoms with Crippen LogP contribution in [0.3, 0.4) is 0 Å². The Morgan fingerprint density at radius 2 is 1.86 bits per heavy atom. The molecule has 6 heteroatoms. The summed E-state index contributed by atoms with van der Waals surface area (Å²) in [4.78, 5) is 32.3. The molecule has 1 atom stereocenters. The van der Waals surface area contributed by atoms with Crippen LogP contribution in [0.1, 0.15) is 54.6 Å². The van der Waals surface area contributed by atoms with Gasteiger partial charge in [-0.1, -0.05) is 51.1 Å². The molecule has 0 saturated carbocycles. The van der Waals surface area contributed by atoms with Crippen LogP contribution in [-0.2, 0) is 21.5 Å². The number of carbonyl (C=O) groups excluding carboxylic acids is 2. The first kappa shape index (κ1) is 24.2. The van der Waals surface area contributed by atoms with Gasteiger partial charge < -0.3 is 14.7 Å². The van der Waals surface area contributed by atoms with E-state index in [0.29, 0.717) is 16.9 Å². The number of nitrogens with zero attached hydrogens (tertiary/aromatic N) is 2.